The second kappa shape index (κ2) is 9.14. The Hall–Kier alpha value is -3.11. The average molecular weight is 258 g/mol. The SMILES string of the molecule is C=CC(N)=O.NC(=O)O.Nc1nc(N)nc(N)n1. The first-order valence-corrected chi connectivity index (χ1v) is 4.11. The van der Waals surface area contributed by atoms with Gasteiger partial charge in [-0.3, -0.25) is 4.79 Å². The number of hydrogen-bond acceptors (Lipinski definition) is 8. The van der Waals surface area contributed by atoms with Gasteiger partial charge in [0.1, 0.15) is 0 Å². The smallest absolute Gasteiger partial charge is 0.402 e. The molecule has 1 aromatic heterocycles. The Kier molecular flexibility index (Phi) is 8.78. The summed E-state index contributed by atoms with van der Waals surface area (Å²) in [5.74, 6) is -0.356. The molecule has 0 aliphatic carbocycles. The lowest BCUT2D eigenvalue weighted by molar-refractivity contribution is -0.113. The quantitative estimate of drug-likeness (QED) is 0.303. The molecule has 11 N–H and O–H groups in total. The van der Waals surface area contributed by atoms with Crippen LogP contribution in [0.5, 0.6) is 0 Å². The van der Waals surface area contributed by atoms with E-state index < -0.39 is 12.0 Å². The van der Waals surface area contributed by atoms with E-state index in [0.717, 1.165) is 6.08 Å². The molecule has 0 radical (unpaired) electrons. The molecule has 100 valence electrons. The van der Waals surface area contributed by atoms with Gasteiger partial charge in [-0.05, 0) is 6.08 Å². The Morgan fingerprint density at radius 3 is 1.28 bits per heavy atom. The van der Waals surface area contributed by atoms with Crippen LogP contribution in [0.2, 0.25) is 0 Å². The van der Waals surface area contributed by atoms with Gasteiger partial charge in [0.15, 0.2) is 0 Å². The van der Waals surface area contributed by atoms with Crippen molar-refractivity contribution in [1.29, 1.82) is 0 Å². The Balaban J connectivity index is 0. The molecule has 0 saturated carbocycles. The Morgan fingerprint density at radius 1 is 1.00 bits per heavy atom. The maximum atomic E-state index is 9.47. The molecular weight excluding hydrogens is 244 g/mol. The largest absolute Gasteiger partial charge is 0.465 e. The molecule has 1 rings (SSSR count). The second-order valence-corrected chi connectivity index (χ2v) is 2.35. The highest BCUT2D eigenvalue weighted by Crippen LogP contribution is 1.97. The van der Waals surface area contributed by atoms with E-state index >= 15 is 0 Å². The molecule has 18 heavy (non-hydrogen) atoms. The predicted octanol–water partition coefficient (Wildman–Crippen LogP) is -2.10. The van der Waals surface area contributed by atoms with Gasteiger partial charge < -0.3 is 33.8 Å². The summed E-state index contributed by atoms with van der Waals surface area (Å²) in [5, 5.41) is 7.19. The van der Waals surface area contributed by atoms with Gasteiger partial charge >= 0.3 is 6.09 Å². The van der Waals surface area contributed by atoms with E-state index in [1.165, 1.54) is 0 Å². The van der Waals surface area contributed by atoms with Gasteiger partial charge in [-0.2, -0.15) is 15.0 Å². The Labute approximate surface area is 102 Å². The predicted molar refractivity (Wildman–Crippen MR) is 64.7 cm³/mol. The molecule has 11 heteroatoms. The maximum absolute atomic E-state index is 9.47. The van der Waals surface area contributed by atoms with Crippen molar-refractivity contribution in [2.75, 3.05) is 17.2 Å². The van der Waals surface area contributed by atoms with Crippen molar-refractivity contribution in [2.24, 2.45) is 11.5 Å². The first-order valence-electron chi connectivity index (χ1n) is 4.11. The third-order valence-electron chi connectivity index (χ3n) is 0.888. The summed E-state index contributed by atoms with van der Waals surface area (Å²) < 4.78 is 0. The van der Waals surface area contributed by atoms with Gasteiger partial charge in [0.05, 0.1) is 0 Å². The minimum Gasteiger partial charge on any atom is -0.465 e. The number of primary amides is 2. The van der Waals surface area contributed by atoms with Crippen LogP contribution in [0.4, 0.5) is 22.6 Å². The molecule has 0 atom stereocenters. The summed E-state index contributed by atoms with van der Waals surface area (Å²) in [6.07, 6.45) is -0.278. The van der Waals surface area contributed by atoms with E-state index in [2.05, 4.69) is 33.0 Å². The zero-order chi connectivity index (χ0) is 14.7. The molecule has 0 unspecified atom stereocenters. The van der Waals surface area contributed by atoms with Crippen molar-refractivity contribution in [3.05, 3.63) is 12.7 Å². The number of aromatic nitrogens is 3. The molecule has 0 saturated heterocycles. The summed E-state index contributed by atoms with van der Waals surface area (Å²) in [7, 11) is 0. The molecule has 1 aromatic rings. The summed E-state index contributed by atoms with van der Waals surface area (Å²) in [6.45, 7) is 3.09. The number of nitrogens with zero attached hydrogens (tertiary/aromatic N) is 3. The number of anilines is 3. The van der Waals surface area contributed by atoms with Crippen LogP contribution in [-0.2, 0) is 4.79 Å². The molecule has 0 bridgehead atoms. The highest BCUT2D eigenvalue weighted by molar-refractivity contribution is 5.84. The standard InChI is InChI=1S/C3H6N6.C3H5NO.CH3NO2/c4-1-7-2(5)9-3(6)8-1;1-2-3(4)5;2-1(3)4/h(H6,4,5,6,7,8,9);2H,1H2,(H2,4,5);2H2,(H,3,4). The summed E-state index contributed by atoms with van der Waals surface area (Å²) >= 11 is 0. The van der Waals surface area contributed by atoms with E-state index in [9.17, 15) is 4.79 Å². The van der Waals surface area contributed by atoms with Crippen LogP contribution in [0.15, 0.2) is 12.7 Å². The van der Waals surface area contributed by atoms with E-state index in [1.54, 1.807) is 0 Å². The molecule has 0 fully saturated rings. The number of carbonyl (C=O) groups excluding carboxylic acids is 1. The zero-order valence-electron chi connectivity index (χ0n) is 9.28. The van der Waals surface area contributed by atoms with Crippen LogP contribution in [-0.4, -0.2) is 32.1 Å². The van der Waals surface area contributed by atoms with Crippen LogP contribution in [0.3, 0.4) is 0 Å². The molecule has 0 aliphatic rings. The van der Waals surface area contributed by atoms with Crippen LogP contribution in [0, 0.1) is 0 Å². The summed E-state index contributed by atoms with van der Waals surface area (Å²) in [5.41, 5.74) is 24.0. The van der Waals surface area contributed by atoms with Gasteiger partial charge in [0.25, 0.3) is 0 Å². The summed E-state index contributed by atoms with van der Waals surface area (Å²) in [4.78, 5) is 28.7. The average Bonchev–Trinajstić information content (AvgIpc) is 2.15. The number of nitrogen functional groups attached to an aromatic ring is 3. The van der Waals surface area contributed by atoms with Crippen molar-refractivity contribution >= 4 is 29.8 Å². The van der Waals surface area contributed by atoms with Crippen molar-refractivity contribution in [3.63, 3.8) is 0 Å². The monoisotopic (exact) mass is 258 g/mol. The van der Waals surface area contributed by atoms with E-state index in [-0.39, 0.29) is 17.8 Å². The lowest BCUT2D eigenvalue weighted by Gasteiger charge is -1.93. The first kappa shape index (κ1) is 17.3. The Bertz CT molecular complexity index is 367. The van der Waals surface area contributed by atoms with Crippen molar-refractivity contribution in [2.45, 2.75) is 0 Å². The number of nitrogens with two attached hydrogens (primary N) is 5. The van der Waals surface area contributed by atoms with Gasteiger partial charge in [-0.1, -0.05) is 6.58 Å². The fourth-order valence-corrected chi connectivity index (χ4v) is 0.427. The number of hydrogen-bond donors (Lipinski definition) is 6. The first-order chi connectivity index (χ1) is 8.18. The van der Waals surface area contributed by atoms with Crippen molar-refractivity contribution in [1.82, 2.24) is 15.0 Å². The van der Waals surface area contributed by atoms with Crippen LogP contribution in [0.25, 0.3) is 0 Å². The van der Waals surface area contributed by atoms with Gasteiger partial charge in [-0.25, -0.2) is 4.79 Å². The van der Waals surface area contributed by atoms with E-state index in [0.29, 0.717) is 0 Å². The number of carboxylic acid groups (broad SMARTS) is 1. The fourth-order valence-electron chi connectivity index (χ4n) is 0.427. The maximum Gasteiger partial charge on any atom is 0.402 e. The molecule has 0 aliphatic heterocycles. The molecule has 11 nitrogen and oxygen atoms in total. The normalized spacial score (nSPS) is 7.78. The molecule has 1 heterocycles. The van der Waals surface area contributed by atoms with Crippen LogP contribution in [0.1, 0.15) is 0 Å². The lowest BCUT2D eigenvalue weighted by Crippen LogP contribution is -2.05. The number of amides is 2. The minimum atomic E-state index is -1.33. The Morgan fingerprint density at radius 2 is 1.17 bits per heavy atom. The number of rotatable bonds is 1. The molecule has 0 spiro atoms. The fraction of sp³-hybridized carbons (Fsp3) is 0. The highest BCUT2D eigenvalue weighted by atomic mass is 16.4. The second-order valence-electron chi connectivity index (χ2n) is 2.35. The lowest BCUT2D eigenvalue weighted by atomic mass is 10.6. The third-order valence-corrected chi connectivity index (χ3v) is 0.888. The van der Waals surface area contributed by atoms with Crippen LogP contribution >= 0.6 is 0 Å². The molecule has 0 aromatic carbocycles. The van der Waals surface area contributed by atoms with E-state index in [4.69, 9.17) is 27.1 Å². The van der Waals surface area contributed by atoms with E-state index in [1.807, 2.05) is 0 Å². The van der Waals surface area contributed by atoms with Gasteiger partial charge in [0, 0.05) is 0 Å². The van der Waals surface area contributed by atoms with Gasteiger partial charge in [0.2, 0.25) is 23.8 Å². The zero-order valence-corrected chi connectivity index (χ0v) is 9.28. The molecule has 2 amide bonds. The van der Waals surface area contributed by atoms with Crippen LogP contribution < -0.4 is 28.7 Å². The highest BCUT2D eigenvalue weighted by Gasteiger charge is 1.93. The van der Waals surface area contributed by atoms with Crippen molar-refractivity contribution < 1.29 is 14.7 Å². The van der Waals surface area contributed by atoms with Crippen molar-refractivity contribution in [3.8, 4) is 0 Å². The minimum absolute atomic E-state index is 0.0417. The topological polar surface area (TPSA) is 223 Å². The number of carbonyl (C=O) groups is 2. The summed E-state index contributed by atoms with van der Waals surface area (Å²) in [6, 6.07) is 0. The third kappa shape index (κ3) is 15.4. The molecular formula is C7H14N8O3. The van der Waals surface area contributed by atoms with Gasteiger partial charge in [-0.15, -0.1) is 0 Å².